The van der Waals surface area contributed by atoms with E-state index in [4.69, 9.17) is 0 Å². The molecule has 3 rings (SSSR count). The summed E-state index contributed by atoms with van der Waals surface area (Å²) in [6.45, 7) is 0.830. The molecular weight excluding hydrogens is 238 g/mol. The van der Waals surface area contributed by atoms with Crippen LogP contribution in [0.5, 0.6) is 0 Å². The second-order valence-corrected chi connectivity index (χ2v) is 4.88. The largest absolute Gasteiger partial charge is 0.347 e. The first-order chi connectivity index (χ1) is 9.34. The van der Waals surface area contributed by atoms with Crippen molar-refractivity contribution in [2.24, 2.45) is 0 Å². The fraction of sp³-hybridized carbons (Fsp3) is 0.333. The molecule has 0 spiro atoms. The Morgan fingerprint density at radius 2 is 2.21 bits per heavy atom. The Bertz CT molecular complexity index is 536. The number of benzene rings is 1. The predicted molar refractivity (Wildman–Crippen MR) is 72.4 cm³/mol. The quantitative estimate of drug-likeness (QED) is 0.915. The molecule has 1 atom stereocenters. The van der Waals surface area contributed by atoms with Crippen LogP contribution in [0.15, 0.2) is 42.7 Å². The lowest BCUT2D eigenvalue weighted by molar-refractivity contribution is -0.131. The summed E-state index contributed by atoms with van der Waals surface area (Å²) in [4.78, 5) is 21.8. The summed E-state index contributed by atoms with van der Waals surface area (Å²) < 4.78 is 0. The molecule has 19 heavy (non-hydrogen) atoms. The molecule has 4 heteroatoms. The van der Waals surface area contributed by atoms with E-state index < -0.39 is 0 Å². The van der Waals surface area contributed by atoms with E-state index in [-0.39, 0.29) is 11.9 Å². The van der Waals surface area contributed by atoms with Gasteiger partial charge in [0.05, 0.1) is 12.5 Å². The number of likely N-dealkylation sites (tertiary alicyclic amines) is 1. The van der Waals surface area contributed by atoms with Crippen LogP contribution >= 0.6 is 0 Å². The first kappa shape index (κ1) is 12.0. The average Bonchev–Trinajstić information content (AvgIpc) is 3.10. The SMILES string of the molecule is O=C(Cc1ccccc1)N1CCC[C@H]1c1ncc[nH]1. The third kappa shape index (κ3) is 2.52. The van der Waals surface area contributed by atoms with Gasteiger partial charge in [-0.1, -0.05) is 30.3 Å². The number of hydrogen-bond donors (Lipinski definition) is 1. The predicted octanol–water partition coefficient (Wildman–Crippen LogP) is 2.32. The Balaban J connectivity index is 1.72. The number of carbonyl (C=O) groups is 1. The Hall–Kier alpha value is -2.10. The van der Waals surface area contributed by atoms with Crippen LogP contribution in [-0.4, -0.2) is 27.3 Å². The topological polar surface area (TPSA) is 49.0 Å². The van der Waals surface area contributed by atoms with Gasteiger partial charge in [-0.15, -0.1) is 0 Å². The summed E-state index contributed by atoms with van der Waals surface area (Å²) in [6.07, 6.45) is 6.07. The maximum absolute atomic E-state index is 12.4. The standard InChI is InChI=1S/C15H17N3O/c19-14(11-12-5-2-1-3-6-12)18-10-4-7-13(18)15-16-8-9-17-15/h1-3,5-6,8-9,13H,4,7,10-11H2,(H,16,17)/t13-/m0/s1. The van der Waals surface area contributed by atoms with Gasteiger partial charge in [0.25, 0.3) is 0 Å². The van der Waals surface area contributed by atoms with Crippen LogP contribution in [-0.2, 0) is 11.2 Å². The number of aromatic amines is 1. The summed E-state index contributed by atoms with van der Waals surface area (Å²) in [5.74, 6) is 1.09. The molecule has 1 aromatic heterocycles. The summed E-state index contributed by atoms with van der Waals surface area (Å²) in [6, 6.07) is 10.0. The molecule has 1 N–H and O–H groups in total. The van der Waals surface area contributed by atoms with E-state index in [2.05, 4.69) is 9.97 Å². The third-order valence-corrected chi connectivity index (χ3v) is 3.61. The zero-order valence-corrected chi connectivity index (χ0v) is 10.7. The number of aromatic nitrogens is 2. The number of rotatable bonds is 3. The monoisotopic (exact) mass is 255 g/mol. The summed E-state index contributed by atoms with van der Waals surface area (Å²) in [5.41, 5.74) is 1.07. The minimum Gasteiger partial charge on any atom is -0.347 e. The zero-order valence-electron chi connectivity index (χ0n) is 10.7. The van der Waals surface area contributed by atoms with E-state index in [1.165, 1.54) is 0 Å². The van der Waals surface area contributed by atoms with E-state index in [0.29, 0.717) is 6.42 Å². The molecule has 1 aliphatic rings. The molecule has 2 heterocycles. The van der Waals surface area contributed by atoms with Gasteiger partial charge in [0.1, 0.15) is 5.82 Å². The van der Waals surface area contributed by atoms with Crippen LogP contribution in [0.2, 0.25) is 0 Å². The van der Waals surface area contributed by atoms with Crippen LogP contribution in [0.4, 0.5) is 0 Å². The highest BCUT2D eigenvalue weighted by Crippen LogP contribution is 2.30. The van der Waals surface area contributed by atoms with Gasteiger partial charge in [-0.3, -0.25) is 4.79 Å². The number of hydrogen-bond acceptors (Lipinski definition) is 2. The first-order valence-corrected chi connectivity index (χ1v) is 6.67. The van der Waals surface area contributed by atoms with Crippen LogP contribution in [0.1, 0.15) is 30.3 Å². The van der Waals surface area contributed by atoms with Gasteiger partial charge in [-0.2, -0.15) is 0 Å². The molecule has 2 aromatic rings. The van der Waals surface area contributed by atoms with Gasteiger partial charge in [0, 0.05) is 18.9 Å². The van der Waals surface area contributed by atoms with Crippen molar-refractivity contribution in [2.45, 2.75) is 25.3 Å². The van der Waals surface area contributed by atoms with Gasteiger partial charge < -0.3 is 9.88 Å². The molecule has 0 saturated carbocycles. The van der Waals surface area contributed by atoms with E-state index in [1.54, 1.807) is 6.20 Å². The fourth-order valence-electron chi connectivity index (χ4n) is 2.68. The third-order valence-electron chi connectivity index (χ3n) is 3.61. The minimum absolute atomic E-state index is 0.117. The molecular formula is C15H17N3O. The number of carbonyl (C=O) groups excluding carboxylic acids is 1. The zero-order chi connectivity index (χ0) is 13.1. The molecule has 0 unspecified atom stereocenters. The van der Waals surface area contributed by atoms with E-state index in [9.17, 15) is 4.79 Å². The van der Waals surface area contributed by atoms with E-state index >= 15 is 0 Å². The van der Waals surface area contributed by atoms with Gasteiger partial charge in [-0.25, -0.2) is 4.98 Å². The molecule has 1 fully saturated rings. The van der Waals surface area contributed by atoms with Crippen molar-refractivity contribution in [3.05, 3.63) is 54.1 Å². The maximum Gasteiger partial charge on any atom is 0.227 e. The molecule has 0 radical (unpaired) electrons. The smallest absolute Gasteiger partial charge is 0.227 e. The highest BCUT2D eigenvalue weighted by atomic mass is 16.2. The molecule has 1 saturated heterocycles. The van der Waals surface area contributed by atoms with Crippen LogP contribution in [0.25, 0.3) is 0 Å². The van der Waals surface area contributed by atoms with Crippen LogP contribution < -0.4 is 0 Å². The van der Waals surface area contributed by atoms with Gasteiger partial charge in [0.15, 0.2) is 0 Å². The lowest BCUT2D eigenvalue weighted by atomic mass is 10.1. The Morgan fingerprint density at radius 1 is 1.37 bits per heavy atom. The van der Waals surface area contributed by atoms with Gasteiger partial charge >= 0.3 is 0 Å². The van der Waals surface area contributed by atoms with Crippen molar-refractivity contribution in [3.63, 3.8) is 0 Å². The number of nitrogens with one attached hydrogen (secondary N) is 1. The Morgan fingerprint density at radius 3 is 2.95 bits per heavy atom. The van der Waals surface area contributed by atoms with Crippen molar-refractivity contribution in [2.75, 3.05) is 6.54 Å². The van der Waals surface area contributed by atoms with Gasteiger partial charge in [0.2, 0.25) is 5.91 Å². The van der Waals surface area contributed by atoms with E-state index in [0.717, 1.165) is 30.8 Å². The second-order valence-electron chi connectivity index (χ2n) is 4.88. The second kappa shape index (κ2) is 5.26. The van der Waals surface area contributed by atoms with Crippen LogP contribution in [0, 0.1) is 0 Å². The maximum atomic E-state index is 12.4. The van der Waals surface area contributed by atoms with Crippen LogP contribution in [0.3, 0.4) is 0 Å². The highest BCUT2D eigenvalue weighted by Gasteiger charge is 2.31. The molecule has 1 amide bonds. The Labute approximate surface area is 112 Å². The minimum atomic E-state index is 0.117. The van der Waals surface area contributed by atoms with Crippen molar-refractivity contribution >= 4 is 5.91 Å². The first-order valence-electron chi connectivity index (χ1n) is 6.67. The lowest BCUT2D eigenvalue weighted by Crippen LogP contribution is -2.32. The lowest BCUT2D eigenvalue weighted by Gasteiger charge is -2.23. The highest BCUT2D eigenvalue weighted by molar-refractivity contribution is 5.79. The number of imidazole rings is 1. The fourth-order valence-corrected chi connectivity index (χ4v) is 2.68. The van der Waals surface area contributed by atoms with Gasteiger partial charge in [-0.05, 0) is 18.4 Å². The van der Waals surface area contributed by atoms with Crippen molar-refractivity contribution in [1.82, 2.24) is 14.9 Å². The molecule has 1 aromatic carbocycles. The number of nitrogens with zero attached hydrogens (tertiary/aromatic N) is 2. The number of H-pyrrole nitrogens is 1. The number of amides is 1. The Kier molecular flexibility index (Phi) is 3.31. The van der Waals surface area contributed by atoms with Crippen molar-refractivity contribution < 1.29 is 4.79 Å². The molecule has 4 nitrogen and oxygen atoms in total. The summed E-state index contributed by atoms with van der Waals surface area (Å²) >= 11 is 0. The molecule has 0 aliphatic carbocycles. The average molecular weight is 255 g/mol. The summed E-state index contributed by atoms with van der Waals surface area (Å²) in [5, 5.41) is 0. The van der Waals surface area contributed by atoms with Crippen molar-refractivity contribution in [3.8, 4) is 0 Å². The van der Waals surface area contributed by atoms with E-state index in [1.807, 2.05) is 41.4 Å². The normalized spacial score (nSPS) is 18.7. The van der Waals surface area contributed by atoms with Crippen molar-refractivity contribution in [1.29, 1.82) is 0 Å². The molecule has 1 aliphatic heterocycles. The molecule has 0 bridgehead atoms. The molecule has 98 valence electrons. The summed E-state index contributed by atoms with van der Waals surface area (Å²) in [7, 11) is 0.